The SMILES string of the molecule is COc1ccc2nc(/C(C#N)=C\c3cc(Cl)c(OCc4ccc(C)cc4)c(Cl)c3)[nH]c2c1. The van der Waals surface area contributed by atoms with E-state index in [1.54, 1.807) is 25.3 Å². The lowest BCUT2D eigenvalue weighted by Crippen LogP contribution is -1.97. The Hall–Kier alpha value is -3.46. The van der Waals surface area contributed by atoms with Crippen LogP contribution in [0.25, 0.3) is 22.7 Å². The van der Waals surface area contributed by atoms with Gasteiger partial charge in [0.2, 0.25) is 0 Å². The Kier molecular flexibility index (Phi) is 6.36. The van der Waals surface area contributed by atoms with E-state index in [0.717, 1.165) is 16.6 Å². The van der Waals surface area contributed by atoms with Crippen molar-refractivity contribution in [2.45, 2.75) is 13.5 Å². The molecule has 0 atom stereocenters. The summed E-state index contributed by atoms with van der Waals surface area (Å²) < 4.78 is 11.1. The van der Waals surface area contributed by atoms with E-state index in [9.17, 15) is 5.26 Å². The Bertz CT molecular complexity index is 1330. The van der Waals surface area contributed by atoms with E-state index >= 15 is 0 Å². The molecule has 0 radical (unpaired) electrons. The number of rotatable bonds is 6. The Morgan fingerprint density at radius 3 is 2.47 bits per heavy atom. The molecule has 3 aromatic carbocycles. The third-order valence-electron chi connectivity index (χ3n) is 4.90. The van der Waals surface area contributed by atoms with E-state index in [0.29, 0.717) is 45.1 Å². The Morgan fingerprint density at radius 2 is 1.81 bits per heavy atom. The third kappa shape index (κ3) is 4.72. The molecule has 0 spiro atoms. The van der Waals surface area contributed by atoms with Crippen LogP contribution in [0.15, 0.2) is 54.6 Å². The predicted molar refractivity (Wildman–Crippen MR) is 128 cm³/mol. The van der Waals surface area contributed by atoms with Gasteiger partial charge >= 0.3 is 0 Å². The van der Waals surface area contributed by atoms with Crippen LogP contribution in [0.5, 0.6) is 11.5 Å². The number of aromatic nitrogens is 2. The second kappa shape index (κ2) is 9.35. The van der Waals surface area contributed by atoms with Crippen LogP contribution in [0, 0.1) is 18.3 Å². The maximum Gasteiger partial charge on any atom is 0.157 e. The van der Waals surface area contributed by atoms with Gasteiger partial charge in [-0.2, -0.15) is 5.26 Å². The first kappa shape index (κ1) is 21.8. The number of aromatic amines is 1. The minimum atomic E-state index is 0.348. The number of methoxy groups -OCH3 is 1. The molecule has 0 amide bonds. The van der Waals surface area contributed by atoms with E-state index in [2.05, 4.69) is 16.0 Å². The van der Waals surface area contributed by atoms with Gasteiger partial charge < -0.3 is 14.5 Å². The average Bonchev–Trinajstić information content (AvgIpc) is 3.21. The van der Waals surface area contributed by atoms with Crippen molar-refractivity contribution in [3.8, 4) is 17.6 Å². The summed E-state index contributed by atoms with van der Waals surface area (Å²) in [4.78, 5) is 7.65. The quantitative estimate of drug-likeness (QED) is 0.318. The first-order valence-corrected chi connectivity index (χ1v) is 10.6. The largest absolute Gasteiger partial charge is 0.497 e. The summed E-state index contributed by atoms with van der Waals surface area (Å²) in [7, 11) is 1.60. The summed E-state index contributed by atoms with van der Waals surface area (Å²) in [5.74, 6) is 1.55. The molecule has 0 aliphatic heterocycles. The maximum absolute atomic E-state index is 9.70. The molecule has 1 N–H and O–H groups in total. The van der Waals surface area contributed by atoms with Crippen molar-refractivity contribution in [2.24, 2.45) is 0 Å². The molecule has 0 aliphatic carbocycles. The van der Waals surface area contributed by atoms with Crippen LogP contribution in [-0.4, -0.2) is 17.1 Å². The van der Waals surface area contributed by atoms with Crippen LogP contribution in [0.3, 0.4) is 0 Å². The smallest absolute Gasteiger partial charge is 0.157 e. The number of hydrogen-bond acceptors (Lipinski definition) is 4. The lowest BCUT2D eigenvalue weighted by molar-refractivity contribution is 0.306. The van der Waals surface area contributed by atoms with Gasteiger partial charge in [-0.15, -0.1) is 0 Å². The second-order valence-corrected chi connectivity index (χ2v) is 8.04. The Balaban J connectivity index is 1.60. The topological polar surface area (TPSA) is 70.9 Å². The first-order chi connectivity index (χ1) is 15.5. The summed E-state index contributed by atoms with van der Waals surface area (Å²) in [6.07, 6.45) is 1.68. The highest BCUT2D eigenvalue weighted by Crippen LogP contribution is 2.36. The fourth-order valence-corrected chi connectivity index (χ4v) is 3.82. The predicted octanol–water partition coefficient (Wildman–Crippen LogP) is 6.83. The molecule has 0 saturated carbocycles. The van der Waals surface area contributed by atoms with Gasteiger partial charge in [0.05, 0.1) is 33.8 Å². The highest BCUT2D eigenvalue weighted by atomic mass is 35.5. The molecule has 0 fully saturated rings. The van der Waals surface area contributed by atoms with Gasteiger partial charge in [-0.25, -0.2) is 4.98 Å². The van der Waals surface area contributed by atoms with Crippen molar-refractivity contribution < 1.29 is 9.47 Å². The van der Waals surface area contributed by atoms with Crippen molar-refractivity contribution in [2.75, 3.05) is 7.11 Å². The number of H-pyrrole nitrogens is 1. The monoisotopic (exact) mass is 463 g/mol. The van der Waals surface area contributed by atoms with Crippen molar-refractivity contribution in [3.63, 3.8) is 0 Å². The number of nitrogens with one attached hydrogen (secondary N) is 1. The highest BCUT2D eigenvalue weighted by molar-refractivity contribution is 6.37. The van der Waals surface area contributed by atoms with E-state index in [1.165, 1.54) is 5.56 Å². The third-order valence-corrected chi connectivity index (χ3v) is 5.46. The number of imidazole rings is 1. The minimum absolute atomic E-state index is 0.348. The van der Waals surface area contributed by atoms with E-state index < -0.39 is 0 Å². The maximum atomic E-state index is 9.70. The zero-order valence-corrected chi connectivity index (χ0v) is 19.0. The lowest BCUT2D eigenvalue weighted by Gasteiger charge is -2.11. The van der Waals surface area contributed by atoms with Crippen molar-refractivity contribution in [1.29, 1.82) is 5.26 Å². The van der Waals surface area contributed by atoms with E-state index in [4.69, 9.17) is 32.7 Å². The summed E-state index contributed by atoms with van der Waals surface area (Å²) in [5, 5.41) is 10.4. The Labute approximate surface area is 195 Å². The molecule has 32 heavy (non-hydrogen) atoms. The number of hydrogen-bond donors (Lipinski definition) is 1. The van der Waals surface area contributed by atoms with E-state index in [-0.39, 0.29) is 0 Å². The summed E-state index contributed by atoms with van der Waals surface area (Å²) in [5.41, 5.74) is 4.71. The second-order valence-electron chi connectivity index (χ2n) is 7.23. The summed E-state index contributed by atoms with van der Waals surface area (Å²) >= 11 is 12.9. The molecule has 4 rings (SSSR count). The molecule has 0 unspecified atom stereocenters. The van der Waals surface area contributed by atoms with E-state index in [1.807, 2.05) is 49.4 Å². The van der Waals surface area contributed by atoms with Crippen molar-refractivity contribution in [1.82, 2.24) is 9.97 Å². The number of aryl methyl sites for hydroxylation is 1. The standard InChI is InChI=1S/C25H19Cl2N3O2/c1-15-3-5-16(6-4-15)14-32-24-20(26)10-17(11-21(24)27)9-18(13-28)25-29-22-8-7-19(31-2)12-23(22)30-25/h3-12H,14H2,1-2H3,(H,29,30)/b18-9-. The molecule has 0 saturated heterocycles. The molecule has 0 bridgehead atoms. The molecule has 1 heterocycles. The number of ether oxygens (including phenoxy) is 2. The fourth-order valence-electron chi connectivity index (χ4n) is 3.20. The van der Waals surface area contributed by atoms with Gasteiger partial charge in [0.25, 0.3) is 0 Å². The molecular formula is C25H19Cl2N3O2. The number of nitriles is 1. The number of halogens is 2. The van der Waals surface area contributed by atoms with Gasteiger partial charge in [0.1, 0.15) is 24.3 Å². The lowest BCUT2D eigenvalue weighted by atomic mass is 10.1. The molecule has 0 aliphatic rings. The van der Waals surface area contributed by atoms with Crippen LogP contribution < -0.4 is 9.47 Å². The molecule has 1 aromatic heterocycles. The van der Waals surface area contributed by atoms with Gasteiger partial charge in [-0.3, -0.25) is 0 Å². The number of allylic oxidation sites excluding steroid dienone is 1. The fraction of sp³-hybridized carbons (Fsp3) is 0.120. The number of fused-ring (bicyclic) bond motifs is 1. The summed E-state index contributed by atoms with van der Waals surface area (Å²) in [6, 6.07) is 19.1. The molecule has 5 nitrogen and oxygen atoms in total. The van der Waals surface area contributed by atoms with Crippen LogP contribution in [0.2, 0.25) is 10.0 Å². The number of nitrogens with zero attached hydrogens (tertiary/aromatic N) is 2. The van der Waals surface area contributed by atoms with Crippen molar-refractivity contribution >= 4 is 45.9 Å². The molecular weight excluding hydrogens is 445 g/mol. The van der Waals surface area contributed by atoms with Crippen molar-refractivity contribution in [3.05, 3.63) is 87.2 Å². The zero-order chi connectivity index (χ0) is 22.7. The zero-order valence-electron chi connectivity index (χ0n) is 17.4. The van der Waals surface area contributed by atoms with Gasteiger partial charge in [0, 0.05) is 6.07 Å². The average molecular weight is 464 g/mol. The number of benzene rings is 3. The Morgan fingerprint density at radius 1 is 1.09 bits per heavy atom. The van der Waals surface area contributed by atoms with Crippen LogP contribution >= 0.6 is 23.2 Å². The highest BCUT2D eigenvalue weighted by Gasteiger charge is 2.13. The van der Waals surface area contributed by atoms with Crippen LogP contribution in [0.1, 0.15) is 22.5 Å². The van der Waals surface area contributed by atoms with Crippen LogP contribution in [0.4, 0.5) is 0 Å². The molecule has 160 valence electrons. The van der Waals surface area contributed by atoms with Crippen LogP contribution in [-0.2, 0) is 6.61 Å². The van der Waals surface area contributed by atoms with Gasteiger partial charge in [0.15, 0.2) is 5.75 Å². The molecule has 4 aromatic rings. The first-order valence-electron chi connectivity index (χ1n) is 9.80. The molecule has 7 heteroatoms. The van der Waals surface area contributed by atoms with Gasteiger partial charge in [-0.05, 0) is 48.4 Å². The summed E-state index contributed by atoms with van der Waals surface area (Å²) in [6.45, 7) is 2.38. The van der Waals surface area contributed by atoms with Gasteiger partial charge in [-0.1, -0.05) is 53.0 Å². The normalized spacial score (nSPS) is 11.4. The minimum Gasteiger partial charge on any atom is -0.497 e.